The van der Waals surface area contributed by atoms with Crippen LogP contribution in [0.25, 0.3) is 0 Å². The molecule has 0 spiro atoms. The summed E-state index contributed by atoms with van der Waals surface area (Å²) in [7, 11) is 1.57. The average Bonchev–Trinajstić information content (AvgIpc) is 2.48. The number of benzene rings is 1. The van der Waals surface area contributed by atoms with Crippen LogP contribution in [-0.2, 0) is 6.54 Å². The van der Waals surface area contributed by atoms with Crippen molar-refractivity contribution >= 4 is 5.91 Å². The van der Waals surface area contributed by atoms with E-state index in [1.165, 1.54) is 0 Å². The van der Waals surface area contributed by atoms with Crippen molar-refractivity contribution < 1.29 is 9.53 Å². The summed E-state index contributed by atoms with van der Waals surface area (Å²) in [6.07, 6.45) is 3.44. The molecule has 2 rings (SSSR count). The van der Waals surface area contributed by atoms with Crippen LogP contribution >= 0.6 is 0 Å². The molecule has 20 heavy (non-hydrogen) atoms. The fourth-order valence-corrected chi connectivity index (χ4v) is 1.92. The minimum atomic E-state index is -0.145. The lowest BCUT2D eigenvalue weighted by Gasteiger charge is -2.12. The highest BCUT2D eigenvalue weighted by Crippen LogP contribution is 2.23. The number of nitrogens with one attached hydrogen (secondary N) is 1. The van der Waals surface area contributed by atoms with E-state index in [9.17, 15) is 4.79 Å². The van der Waals surface area contributed by atoms with Gasteiger partial charge in [0.2, 0.25) is 0 Å². The number of carbonyl (C=O) groups excluding carboxylic acids is 1. The van der Waals surface area contributed by atoms with Gasteiger partial charge in [-0.05, 0) is 48.7 Å². The van der Waals surface area contributed by atoms with E-state index in [-0.39, 0.29) is 5.91 Å². The monoisotopic (exact) mass is 270 g/mol. The van der Waals surface area contributed by atoms with Gasteiger partial charge in [-0.3, -0.25) is 9.78 Å². The Morgan fingerprint density at radius 1 is 1.30 bits per heavy atom. The predicted molar refractivity (Wildman–Crippen MR) is 77.9 cm³/mol. The number of hydrogen-bond donors (Lipinski definition) is 1. The molecule has 0 unspecified atom stereocenters. The highest BCUT2D eigenvalue weighted by molar-refractivity contribution is 5.97. The Bertz CT molecular complexity index is 609. The molecule has 4 heteroatoms. The Morgan fingerprint density at radius 3 is 2.70 bits per heavy atom. The van der Waals surface area contributed by atoms with Crippen LogP contribution in [0, 0.1) is 13.8 Å². The van der Waals surface area contributed by atoms with Crippen LogP contribution in [0.1, 0.15) is 27.0 Å². The number of pyridine rings is 1. The number of aromatic nitrogens is 1. The number of carbonyl (C=O) groups is 1. The molecule has 1 N–H and O–H groups in total. The first-order valence-electron chi connectivity index (χ1n) is 6.44. The lowest BCUT2D eigenvalue weighted by molar-refractivity contribution is 0.0947. The highest BCUT2D eigenvalue weighted by atomic mass is 16.5. The number of nitrogens with zero attached hydrogens (tertiary/aromatic N) is 1. The van der Waals surface area contributed by atoms with Gasteiger partial charge in [0.05, 0.1) is 12.7 Å². The van der Waals surface area contributed by atoms with Gasteiger partial charge in [0.15, 0.2) is 0 Å². The van der Waals surface area contributed by atoms with Gasteiger partial charge in [0.1, 0.15) is 5.75 Å². The number of aryl methyl sites for hydroxylation is 2. The van der Waals surface area contributed by atoms with Crippen molar-refractivity contribution in [1.82, 2.24) is 10.3 Å². The third kappa shape index (κ3) is 3.15. The first kappa shape index (κ1) is 14.1. The summed E-state index contributed by atoms with van der Waals surface area (Å²) in [4.78, 5) is 16.3. The van der Waals surface area contributed by atoms with Crippen LogP contribution in [0.4, 0.5) is 0 Å². The number of methoxy groups -OCH3 is 1. The summed E-state index contributed by atoms with van der Waals surface area (Å²) < 4.78 is 5.28. The molecule has 0 bridgehead atoms. The van der Waals surface area contributed by atoms with Crippen molar-refractivity contribution in [3.8, 4) is 5.75 Å². The molecular weight excluding hydrogens is 252 g/mol. The van der Waals surface area contributed by atoms with Crippen molar-refractivity contribution in [2.24, 2.45) is 0 Å². The molecule has 104 valence electrons. The van der Waals surface area contributed by atoms with Crippen LogP contribution in [0.3, 0.4) is 0 Å². The van der Waals surface area contributed by atoms with Gasteiger partial charge in [0, 0.05) is 18.9 Å². The Labute approximate surface area is 118 Å². The average molecular weight is 270 g/mol. The number of amides is 1. The van der Waals surface area contributed by atoms with E-state index in [4.69, 9.17) is 4.74 Å². The van der Waals surface area contributed by atoms with Gasteiger partial charge in [0.25, 0.3) is 5.91 Å². The van der Waals surface area contributed by atoms with Crippen LogP contribution in [0.2, 0.25) is 0 Å². The summed E-state index contributed by atoms with van der Waals surface area (Å²) in [5, 5.41) is 2.88. The zero-order valence-corrected chi connectivity index (χ0v) is 11.9. The van der Waals surface area contributed by atoms with E-state index < -0.39 is 0 Å². The molecule has 4 nitrogen and oxygen atoms in total. The van der Waals surface area contributed by atoms with Crippen molar-refractivity contribution in [2.45, 2.75) is 20.4 Å². The van der Waals surface area contributed by atoms with Gasteiger partial charge in [-0.2, -0.15) is 0 Å². The molecule has 0 saturated heterocycles. The third-order valence-corrected chi connectivity index (χ3v) is 3.24. The second-order valence-corrected chi connectivity index (χ2v) is 4.68. The maximum atomic E-state index is 12.2. The van der Waals surface area contributed by atoms with Crippen LogP contribution in [-0.4, -0.2) is 18.0 Å². The Hall–Kier alpha value is -2.36. The van der Waals surface area contributed by atoms with Gasteiger partial charge in [-0.1, -0.05) is 6.07 Å². The molecule has 0 saturated carbocycles. The fourth-order valence-electron chi connectivity index (χ4n) is 1.92. The summed E-state index contributed by atoms with van der Waals surface area (Å²) in [6, 6.07) is 7.50. The molecule has 0 radical (unpaired) electrons. The van der Waals surface area contributed by atoms with E-state index in [0.717, 1.165) is 16.7 Å². The van der Waals surface area contributed by atoms with Gasteiger partial charge >= 0.3 is 0 Å². The number of rotatable bonds is 4. The zero-order chi connectivity index (χ0) is 14.5. The normalized spacial score (nSPS) is 10.2. The molecule has 0 atom stereocenters. The first-order valence-corrected chi connectivity index (χ1v) is 6.44. The lowest BCUT2D eigenvalue weighted by Crippen LogP contribution is -2.23. The molecular formula is C16H18N2O2. The molecule has 2 aromatic rings. The third-order valence-electron chi connectivity index (χ3n) is 3.24. The van der Waals surface area contributed by atoms with Crippen LogP contribution in [0.15, 0.2) is 36.7 Å². The van der Waals surface area contributed by atoms with Crippen molar-refractivity contribution in [2.75, 3.05) is 7.11 Å². The Kier molecular flexibility index (Phi) is 4.35. The largest absolute Gasteiger partial charge is 0.496 e. The number of ether oxygens (including phenoxy) is 1. The van der Waals surface area contributed by atoms with E-state index in [1.54, 1.807) is 19.5 Å². The lowest BCUT2D eigenvalue weighted by atomic mass is 10.0. The molecule has 1 heterocycles. The van der Waals surface area contributed by atoms with Crippen molar-refractivity contribution in [3.05, 3.63) is 58.9 Å². The second-order valence-electron chi connectivity index (χ2n) is 4.68. The van der Waals surface area contributed by atoms with Crippen LogP contribution in [0.5, 0.6) is 5.75 Å². The second kappa shape index (κ2) is 6.19. The zero-order valence-electron chi connectivity index (χ0n) is 11.9. The van der Waals surface area contributed by atoms with E-state index in [0.29, 0.717) is 17.9 Å². The van der Waals surface area contributed by atoms with Gasteiger partial charge < -0.3 is 10.1 Å². The molecule has 0 aliphatic heterocycles. The van der Waals surface area contributed by atoms with Gasteiger partial charge in [-0.15, -0.1) is 0 Å². The molecule has 1 aromatic heterocycles. The number of hydrogen-bond acceptors (Lipinski definition) is 3. The smallest absolute Gasteiger partial charge is 0.255 e. The molecule has 1 amide bonds. The maximum Gasteiger partial charge on any atom is 0.255 e. The first-order chi connectivity index (χ1) is 9.61. The molecule has 0 aliphatic rings. The summed E-state index contributed by atoms with van der Waals surface area (Å²) in [5.41, 5.74) is 3.69. The molecule has 0 fully saturated rings. The van der Waals surface area contributed by atoms with E-state index in [1.807, 2.05) is 38.1 Å². The summed E-state index contributed by atoms with van der Waals surface area (Å²) in [5.74, 6) is 0.450. The molecule has 0 aliphatic carbocycles. The summed E-state index contributed by atoms with van der Waals surface area (Å²) >= 11 is 0. The molecule has 1 aromatic carbocycles. The maximum absolute atomic E-state index is 12.2. The summed E-state index contributed by atoms with van der Waals surface area (Å²) in [6.45, 7) is 4.42. The topological polar surface area (TPSA) is 51.2 Å². The standard InChI is InChI=1S/C16H18N2O2/c1-11-7-14(15(20-3)8-12(11)2)16(19)18-10-13-5-4-6-17-9-13/h4-9H,10H2,1-3H3,(H,18,19). The van der Waals surface area contributed by atoms with Crippen LogP contribution < -0.4 is 10.1 Å². The predicted octanol–water partition coefficient (Wildman–Crippen LogP) is 2.64. The quantitative estimate of drug-likeness (QED) is 0.929. The van der Waals surface area contributed by atoms with E-state index in [2.05, 4.69) is 10.3 Å². The fraction of sp³-hybridized carbons (Fsp3) is 0.250. The SMILES string of the molecule is COc1cc(C)c(C)cc1C(=O)NCc1cccnc1. The van der Waals surface area contributed by atoms with E-state index >= 15 is 0 Å². The Morgan fingerprint density at radius 2 is 2.05 bits per heavy atom. The van der Waals surface area contributed by atoms with Crippen molar-refractivity contribution in [1.29, 1.82) is 0 Å². The van der Waals surface area contributed by atoms with Crippen molar-refractivity contribution in [3.63, 3.8) is 0 Å². The minimum absolute atomic E-state index is 0.145. The highest BCUT2D eigenvalue weighted by Gasteiger charge is 2.13. The Balaban J connectivity index is 2.15. The van der Waals surface area contributed by atoms with Gasteiger partial charge in [-0.25, -0.2) is 0 Å². The minimum Gasteiger partial charge on any atom is -0.496 e.